The van der Waals surface area contributed by atoms with Crippen molar-refractivity contribution in [3.63, 3.8) is 0 Å². The van der Waals surface area contributed by atoms with Crippen molar-refractivity contribution in [2.75, 3.05) is 27.1 Å². The maximum absolute atomic E-state index is 10.8. The van der Waals surface area contributed by atoms with Crippen LogP contribution in [0.5, 0.6) is 0 Å². The number of ether oxygens (including phenoxy) is 3. The molecule has 0 atom stereocenters. The Morgan fingerprint density at radius 1 is 1.42 bits per heavy atom. The van der Waals surface area contributed by atoms with Gasteiger partial charge in [0.15, 0.2) is 0 Å². The van der Waals surface area contributed by atoms with E-state index in [0.29, 0.717) is 12.2 Å². The topological polar surface area (TPSA) is 44.8 Å². The summed E-state index contributed by atoms with van der Waals surface area (Å²) in [5.74, 6) is -0.393. The van der Waals surface area contributed by atoms with Crippen molar-refractivity contribution in [1.82, 2.24) is 0 Å². The molecule has 0 saturated heterocycles. The van der Waals surface area contributed by atoms with E-state index < -0.39 is 5.97 Å². The zero-order valence-electron chi connectivity index (χ0n) is 7.46. The highest BCUT2D eigenvalue weighted by molar-refractivity contribution is 5.86. The fraction of sp³-hybridized carbons (Fsp3) is 0.625. The lowest BCUT2D eigenvalue weighted by molar-refractivity contribution is -0.142. The summed E-state index contributed by atoms with van der Waals surface area (Å²) in [6, 6.07) is 0. The molecule has 0 heterocycles. The molecule has 0 aromatic heterocycles. The monoisotopic (exact) mass is 174 g/mol. The van der Waals surface area contributed by atoms with Crippen molar-refractivity contribution in [1.29, 1.82) is 0 Å². The zero-order chi connectivity index (χ0) is 9.40. The van der Waals surface area contributed by atoms with Crippen LogP contribution in [0.15, 0.2) is 12.2 Å². The predicted molar refractivity (Wildman–Crippen MR) is 43.6 cm³/mol. The van der Waals surface area contributed by atoms with E-state index in [4.69, 9.17) is 9.47 Å². The standard InChI is InChI=1S/C8H14O4/c1-7(2)8(9)12-5-4-11-6-10-3/h1,4-6H2,2-3H3. The molecular formula is C8H14O4. The number of hydrogen-bond donors (Lipinski definition) is 0. The van der Waals surface area contributed by atoms with Gasteiger partial charge in [-0.15, -0.1) is 0 Å². The Morgan fingerprint density at radius 3 is 2.58 bits per heavy atom. The lowest BCUT2D eigenvalue weighted by atomic mass is 10.4. The highest BCUT2D eigenvalue weighted by Crippen LogP contribution is 1.91. The van der Waals surface area contributed by atoms with Crippen molar-refractivity contribution >= 4 is 5.97 Å². The van der Waals surface area contributed by atoms with Gasteiger partial charge in [-0.05, 0) is 6.92 Å². The molecule has 0 aromatic rings. The SMILES string of the molecule is C=C(C)C(=O)OCCOCOC. The summed E-state index contributed by atoms with van der Waals surface area (Å²) in [7, 11) is 1.53. The van der Waals surface area contributed by atoms with Gasteiger partial charge in [0.25, 0.3) is 0 Å². The van der Waals surface area contributed by atoms with Crippen molar-refractivity contribution < 1.29 is 19.0 Å². The molecule has 0 fully saturated rings. The molecule has 4 nitrogen and oxygen atoms in total. The lowest BCUT2D eigenvalue weighted by Crippen LogP contribution is -2.11. The van der Waals surface area contributed by atoms with Gasteiger partial charge < -0.3 is 14.2 Å². The second-order valence-electron chi connectivity index (χ2n) is 2.23. The molecule has 0 aromatic carbocycles. The number of methoxy groups -OCH3 is 1. The Labute approximate surface area is 72.1 Å². The first kappa shape index (κ1) is 11.1. The second kappa shape index (κ2) is 6.82. The predicted octanol–water partition coefficient (Wildman–Crippen LogP) is 0.726. The van der Waals surface area contributed by atoms with Crippen molar-refractivity contribution in [3.8, 4) is 0 Å². The summed E-state index contributed by atoms with van der Waals surface area (Å²) in [6.07, 6.45) is 0. The minimum atomic E-state index is -0.393. The first-order valence-corrected chi connectivity index (χ1v) is 3.57. The van der Waals surface area contributed by atoms with Crippen LogP contribution in [0.3, 0.4) is 0 Å². The molecule has 0 bridgehead atoms. The van der Waals surface area contributed by atoms with Crippen LogP contribution in [0.25, 0.3) is 0 Å². The molecule has 12 heavy (non-hydrogen) atoms. The molecule has 0 aliphatic rings. The van der Waals surface area contributed by atoms with Crippen LogP contribution in [0, 0.1) is 0 Å². The first-order chi connectivity index (χ1) is 5.68. The number of esters is 1. The van der Waals surface area contributed by atoms with E-state index in [9.17, 15) is 4.79 Å². The van der Waals surface area contributed by atoms with Crippen molar-refractivity contribution in [2.24, 2.45) is 0 Å². The van der Waals surface area contributed by atoms with Crippen LogP contribution >= 0.6 is 0 Å². The van der Waals surface area contributed by atoms with Gasteiger partial charge in [-0.2, -0.15) is 0 Å². The third-order valence-corrected chi connectivity index (χ3v) is 1.01. The summed E-state index contributed by atoms with van der Waals surface area (Å²) in [6.45, 7) is 5.81. The van der Waals surface area contributed by atoms with Crippen molar-refractivity contribution in [3.05, 3.63) is 12.2 Å². The molecule has 0 aliphatic carbocycles. The number of rotatable bonds is 6. The largest absolute Gasteiger partial charge is 0.460 e. The smallest absolute Gasteiger partial charge is 0.333 e. The summed E-state index contributed by atoms with van der Waals surface area (Å²) in [5, 5.41) is 0. The van der Waals surface area contributed by atoms with Gasteiger partial charge in [0, 0.05) is 12.7 Å². The highest BCUT2D eigenvalue weighted by atomic mass is 16.7. The van der Waals surface area contributed by atoms with E-state index in [1.54, 1.807) is 6.92 Å². The molecule has 0 spiro atoms. The van der Waals surface area contributed by atoms with Crippen LogP contribution in [0.1, 0.15) is 6.92 Å². The summed E-state index contributed by atoms with van der Waals surface area (Å²) in [5.41, 5.74) is 0.391. The lowest BCUT2D eigenvalue weighted by Gasteiger charge is -2.04. The van der Waals surface area contributed by atoms with E-state index in [1.807, 2.05) is 0 Å². The Balaban J connectivity index is 3.20. The van der Waals surface area contributed by atoms with E-state index in [2.05, 4.69) is 11.3 Å². The van der Waals surface area contributed by atoms with E-state index in [-0.39, 0.29) is 13.4 Å². The van der Waals surface area contributed by atoms with Crippen LogP contribution in [-0.2, 0) is 19.0 Å². The molecule has 0 unspecified atom stereocenters. The molecule has 0 rings (SSSR count). The maximum atomic E-state index is 10.8. The van der Waals surface area contributed by atoms with Gasteiger partial charge in [0.2, 0.25) is 0 Å². The molecule has 70 valence electrons. The van der Waals surface area contributed by atoms with Gasteiger partial charge in [0.05, 0.1) is 6.61 Å². The summed E-state index contributed by atoms with van der Waals surface area (Å²) in [4.78, 5) is 10.8. The average molecular weight is 174 g/mol. The number of hydrogen-bond acceptors (Lipinski definition) is 4. The molecule has 0 N–H and O–H groups in total. The molecule has 0 radical (unpaired) electrons. The van der Waals surface area contributed by atoms with Crippen LogP contribution in [0.2, 0.25) is 0 Å². The van der Waals surface area contributed by atoms with Gasteiger partial charge in [-0.1, -0.05) is 6.58 Å². The van der Waals surface area contributed by atoms with E-state index >= 15 is 0 Å². The van der Waals surface area contributed by atoms with Crippen LogP contribution in [-0.4, -0.2) is 33.1 Å². The maximum Gasteiger partial charge on any atom is 0.333 e. The minimum Gasteiger partial charge on any atom is -0.460 e. The third kappa shape index (κ3) is 5.88. The molecule has 0 saturated carbocycles. The van der Waals surface area contributed by atoms with Crippen molar-refractivity contribution in [2.45, 2.75) is 6.92 Å². The fourth-order valence-electron chi connectivity index (χ4n) is 0.459. The summed E-state index contributed by atoms with van der Waals surface area (Å²) >= 11 is 0. The normalized spacial score (nSPS) is 9.50. The van der Waals surface area contributed by atoms with Crippen LogP contribution < -0.4 is 0 Å². The van der Waals surface area contributed by atoms with Gasteiger partial charge in [-0.3, -0.25) is 0 Å². The van der Waals surface area contributed by atoms with Gasteiger partial charge in [-0.25, -0.2) is 4.79 Å². The second-order valence-corrected chi connectivity index (χ2v) is 2.23. The Morgan fingerprint density at radius 2 is 2.08 bits per heavy atom. The minimum absolute atomic E-state index is 0.213. The fourth-order valence-corrected chi connectivity index (χ4v) is 0.459. The summed E-state index contributed by atoms with van der Waals surface area (Å²) < 4.78 is 14.2. The zero-order valence-corrected chi connectivity index (χ0v) is 7.46. The van der Waals surface area contributed by atoms with Crippen LogP contribution in [0.4, 0.5) is 0 Å². The highest BCUT2D eigenvalue weighted by Gasteiger charge is 2.01. The molecule has 0 amide bonds. The molecular weight excluding hydrogens is 160 g/mol. The average Bonchev–Trinajstić information content (AvgIpc) is 2.03. The van der Waals surface area contributed by atoms with E-state index in [1.165, 1.54) is 7.11 Å². The molecule has 4 heteroatoms. The molecule has 0 aliphatic heterocycles. The Kier molecular flexibility index (Phi) is 6.32. The third-order valence-electron chi connectivity index (χ3n) is 1.01. The number of carbonyl (C=O) groups is 1. The van der Waals surface area contributed by atoms with E-state index in [0.717, 1.165) is 0 Å². The Bertz CT molecular complexity index is 153. The quantitative estimate of drug-likeness (QED) is 0.258. The number of carbonyl (C=O) groups excluding carboxylic acids is 1. The van der Waals surface area contributed by atoms with Gasteiger partial charge >= 0.3 is 5.97 Å². The Hall–Kier alpha value is -0.870. The first-order valence-electron chi connectivity index (χ1n) is 3.57. The van der Waals surface area contributed by atoms with Gasteiger partial charge in [0.1, 0.15) is 13.4 Å².